The largest absolute Gasteiger partial charge is 0.493 e. The lowest BCUT2D eigenvalue weighted by atomic mass is 9.90. The van der Waals surface area contributed by atoms with Crippen molar-refractivity contribution >= 4 is 42.6 Å². The van der Waals surface area contributed by atoms with E-state index < -0.39 is 15.7 Å². The van der Waals surface area contributed by atoms with Gasteiger partial charge in [0.1, 0.15) is 0 Å². The fourth-order valence-corrected chi connectivity index (χ4v) is 6.00. The van der Waals surface area contributed by atoms with Crippen LogP contribution < -0.4 is 14.8 Å². The van der Waals surface area contributed by atoms with Crippen LogP contribution in [0.5, 0.6) is 11.5 Å². The minimum atomic E-state index is -3.92. The van der Waals surface area contributed by atoms with E-state index in [1.165, 1.54) is 24.3 Å². The number of aromatic nitrogens is 1. The van der Waals surface area contributed by atoms with Gasteiger partial charge in [0, 0.05) is 34.0 Å². The summed E-state index contributed by atoms with van der Waals surface area (Å²) in [5.41, 5.74) is 2.86. The van der Waals surface area contributed by atoms with E-state index in [0.29, 0.717) is 18.1 Å². The van der Waals surface area contributed by atoms with Gasteiger partial charge in [-0.25, -0.2) is 8.42 Å². The summed E-state index contributed by atoms with van der Waals surface area (Å²) >= 11 is 3.30. The maximum Gasteiger partial charge on any atom is 0.287 e. The number of ether oxygens (including phenoxy) is 2. The van der Waals surface area contributed by atoms with Crippen LogP contribution in [0, 0.1) is 0 Å². The molecule has 3 aromatic carbocycles. The second-order valence-corrected chi connectivity index (χ2v) is 11.8. The molecule has 40 heavy (non-hydrogen) atoms. The van der Waals surface area contributed by atoms with E-state index >= 15 is 0 Å². The van der Waals surface area contributed by atoms with Crippen molar-refractivity contribution in [2.24, 2.45) is 0 Å². The number of carbonyl (C=O) groups is 1. The van der Waals surface area contributed by atoms with Gasteiger partial charge in [0.15, 0.2) is 17.3 Å². The third-order valence-electron chi connectivity index (χ3n) is 6.55. The van der Waals surface area contributed by atoms with Crippen LogP contribution in [0.3, 0.4) is 0 Å². The van der Waals surface area contributed by atoms with Crippen LogP contribution in [-0.2, 0) is 9.84 Å². The molecule has 0 bridgehead atoms. The molecule has 1 amide bonds. The average molecular weight is 624 g/mol. The van der Waals surface area contributed by atoms with Gasteiger partial charge in [0.05, 0.1) is 18.6 Å². The maximum absolute atomic E-state index is 13.1. The molecule has 2 N–H and O–H groups in total. The summed E-state index contributed by atoms with van der Waals surface area (Å²) in [4.78, 5) is 16.5. The topological polar surface area (TPSA) is 111 Å². The zero-order chi connectivity index (χ0) is 28.3. The molecular weight excluding hydrogens is 596 g/mol. The SMILES string of the molecule is CCOc1ccc(C(CNC(=O)c2ccc(S(=O)(=O)c3ccc(Br)cc3)o2)c2c[nH]c3ccccc23)cc1OC. The zero-order valence-corrected chi connectivity index (χ0v) is 24.2. The highest BCUT2D eigenvalue weighted by atomic mass is 79.9. The summed E-state index contributed by atoms with van der Waals surface area (Å²) in [6, 6.07) is 22.5. The third-order valence-corrected chi connectivity index (χ3v) is 8.72. The van der Waals surface area contributed by atoms with Gasteiger partial charge in [0.25, 0.3) is 5.91 Å². The number of methoxy groups -OCH3 is 1. The number of benzene rings is 3. The Hall–Kier alpha value is -4.02. The Morgan fingerprint density at radius 3 is 2.55 bits per heavy atom. The number of hydrogen-bond acceptors (Lipinski definition) is 6. The number of para-hydroxylation sites is 1. The molecule has 0 spiro atoms. The van der Waals surface area contributed by atoms with Crippen LogP contribution in [0.15, 0.2) is 104 Å². The number of carbonyl (C=O) groups excluding carboxylic acids is 1. The number of rotatable bonds is 10. The first-order valence-electron chi connectivity index (χ1n) is 12.6. The molecule has 1 atom stereocenters. The summed E-state index contributed by atoms with van der Waals surface area (Å²) in [5, 5.41) is 3.64. The highest BCUT2D eigenvalue weighted by Gasteiger charge is 2.25. The third kappa shape index (κ3) is 5.50. The minimum absolute atomic E-state index is 0.0702. The van der Waals surface area contributed by atoms with Gasteiger partial charge in [-0.3, -0.25) is 4.79 Å². The fourth-order valence-electron chi connectivity index (χ4n) is 4.56. The molecule has 0 aliphatic heterocycles. The first-order chi connectivity index (χ1) is 19.3. The van der Waals surface area contributed by atoms with E-state index in [2.05, 4.69) is 26.2 Å². The number of halogens is 1. The summed E-state index contributed by atoms with van der Waals surface area (Å²) in [5.74, 6) is 0.332. The van der Waals surface area contributed by atoms with Crippen LogP contribution in [0.1, 0.15) is 34.5 Å². The van der Waals surface area contributed by atoms with E-state index in [4.69, 9.17) is 13.9 Å². The first kappa shape index (κ1) is 27.5. The van der Waals surface area contributed by atoms with Crippen molar-refractivity contribution < 1.29 is 27.1 Å². The van der Waals surface area contributed by atoms with Crippen molar-refractivity contribution in [1.82, 2.24) is 10.3 Å². The quantitative estimate of drug-likeness (QED) is 0.188. The number of amides is 1. The van der Waals surface area contributed by atoms with Crippen molar-refractivity contribution in [3.05, 3.63) is 106 Å². The molecule has 0 radical (unpaired) electrons. The lowest BCUT2D eigenvalue weighted by Crippen LogP contribution is -2.28. The Morgan fingerprint density at radius 1 is 1.02 bits per heavy atom. The normalized spacial score (nSPS) is 12.3. The highest BCUT2D eigenvalue weighted by molar-refractivity contribution is 9.10. The van der Waals surface area contributed by atoms with Gasteiger partial charge in [-0.2, -0.15) is 0 Å². The average Bonchev–Trinajstić information content (AvgIpc) is 3.63. The van der Waals surface area contributed by atoms with Crippen LogP contribution in [-0.4, -0.2) is 39.6 Å². The molecule has 0 fully saturated rings. The van der Waals surface area contributed by atoms with Crippen LogP contribution in [0.4, 0.5) is 0 Å². The van der Waals surface area contributed by atoms with Crippen molar-refractivity contribution in [1.29, 1.82) is 0 Å². The second-order valence-electron chi connectivity index (χ2n) is 8.97. The molecule has 5 rings (SSSR count). The van der Waals surface area contributed by atoms with Crippen molar-refractivity contribution in [2.75, 3.05) is 20.3 Å². The Bertz CT molecular complexity index is 1760. The van der Waals surface area contributed by atoms with Crippen molar-refractivity contribution in [3.8, 4) is 11.5 Å². The van der Waals surface area contributed by atoms with E-state index in [9.17, 15) is 13.2 Å². The number of fused-ring (bicyclic) bond motifs is 1. The molecule has 1 unspecified atom stereocenters. The van der Waals surface area contributed by atoms with Crippen molar-refractivity contribution in [2.45, 2.75) is 22.8 Å². The molecule has 0 aliphatic carbocycles. The molecule has 0 saturated heterocycles. The standard InChI is InChI=1S/C30H27BrN2O6S/c1-3-38-26-13-8-19(16-28(26)37-2)23(24-18-32-25-7-5-4-6-22(24)25)17-33-30(34)27-14-15-29(39-27)40(35,36)21-11-9-20(31)10-12-21/h4-16,18,23,32H,3,17H2,1-2H3,(H,33,34). The number of sulfone groups is 1. The Balaban J connectivity index is 1.42. The van der Waals surface area contributed by atoms with Crippen LogP contribution in [0.2, 0.25) is 0 Å². The monoisotopic (exact) mass is 622 g/mol. The first-order valence-corrected chi connectivity index (χ1v) is 14.8. The molecular formula is C30H27BrN2O6S. The Kier molecular flexibility index (Phi) is 7.99. The molecule has 10 heteroatoms. The number of nitrogens with one attached hydrogen (secondary N) is 2. The lowest BCUT2D eigenvalue weighted by Gasteiger charge is -2.20. The lowest BCUT2D eigenvalue weighted by molar-refractivity contribution is 0.0919. The van der Waals surface area contributed by atoms with Gasteiger partial charge in [0.2, 0.25) is 14.9 Å². The molecule has 2 heterocycles. The van der Waals surface area contributed by atoms with Crippen LogP contribution in [0.25, 0.3) is 10.9 Å². The van der Waals surface area contributed by atoms with E-state index in [0.717, 1.165) is 26.5 Å². The predicted molar refractivity (Wildman–Crippen MR) is 155 cm³/mol. The van der Waals surface area contributed by atoms with Crippen molar-refractivity contribution in [3.63, 3.8) is 0 Å². The minimum Gasteiger partial charge on any atom is -0.493 e. The summed E-state index contributed by atoms with van der Waals surface area (Å²) in [6.07, 6.45) is 1.93. The van der Waals surface area contributed by atoms with E-state index in [1.54, 1.807) is 19.2 Å². The van der Waals surface area contributed by atoms with Gasteiger partial charge in [-0.05, 0) is 72.6 Å². The molecule has 0 aliphatic rings. The maximum atomic E-state index is 13.1. The fraction of sp³-hybridized carbons (Fsp3) is 0.167. The van der Waals surface area contributed by atoms with E-state index in [1.807, 2.05) is 55.6 Å². The Morgan fingerprint density at radius 2 is 1.80 bits per heavy atom. The molecule has 8 nitrogen and oxygen atoms in total. The number of furan rings is 1. The summed E-state index contributed by atoms with van der Waals surface area (Å²) in [6.45, 7) is 2.62. The highest BCUT2D eigenvalue weighted by Crippen LogP contribution is 2.36. The smallest absolute Gasteiger partial charge is 0.287 e. The number of aromatic amines is 1. The molecule has 5 aromatic rings. The second kappa shape index (κ2) is 11.6. The van der Waals surface area contributed by atoms with Gasteiger partial charge >= 0.3 is 0 Å². The van der Waals surface area contributed by atoms with E-state index in [-0.39, 0.29) is 28.2 Å². The van der Waals surface area contributed by atoms with Gasteiger partial charge in [-0.15, -0.1) is 0 Å². The molecule has 0 saturated carbocycles. The molecule has 2 aromatic heterocycles. The zero-order valence-electron chi connectivity index (χ0n) is 21.8. The number of H-pyrrole nitrogens is 1. The molecule has 206 valence electrons. The predicted octanol–water partition coefficient (Wildman–Crippen LogP) is 6.33. The van der Waals surface area contributed by atoms with Gasteiger partial charge in [-0.1, -0.05) is 40.2 Å². The summed E-state index contributed by atoms with van der Waals surface area (Å²) < 4.78 is 43.5. The number of hydrogen-bond donors (Lipinski definition) is 2. The van der Waals surface area contributed by atoms with Crippen LogP contribution >= 0.6 is 15.9 Å². The summed E-state index contributed by atoms with van der Waals surface area (Å²) in [7, 11) is -2.33. The van der Waals surface area contributed by atoms with Gasteiger partial charge < -0.3 is 24.2 Å². The Labute approximate surface area is 240 Å².